The average molecular weight is 496 g/mol. The van der Waals surface area contributed by atoms with Crippen LogP contribution in [0.2, 0.25) is 0 Å². The van der Waals surface area contributed by atoms with E-state index in [4.69, 9.17) is 0 Å². The zero-order chi connectivity index (χ0) is 25.6. The summed E-state index contributed by atoms with van der Waals surface area (Å²) in [6, 6.07) is 7.72. The van der Waals surface area contributed by atoms with Gasteiger partial charge >= 0.3 is 0 Å². The lowest BCUT2D eigenvalue weighted by molar-refractivity contribution is -0.158. The van der Waals surface area contributed by atoms with Gasteiger partial charge in [0.15, 0.2) is 0 Å². The lowest BCUT2D eigenvalue weighted by Gasteiger charge is -2.44. The Morgan fingerprint density at radius 2 is 1.75 bits per heavy atom. The molecule has 0 aromatic heterocycles. The lowest BCUT2D eigenvalue weighted by Crippen LogP contribution is -2.67. The molecule has 2 aromatic carbocycles. The molecule has 0 radical (unpaired) electrons. The van der Waals surface area contributed by atoms with Gasteiger partial charge in [-0.2, -0.15) is 0 Å². The number of nitrogens with zero attached hydrogens (tertiary/aromatic N) is 1. The number of rotatable bonds is 7. The second kappa shape index (κ2) is 9.64. The number of carbonyl (C=O) groups excluding carboxylic acids is 3. The second-order valence-corrected chi connectivity index (χ2v) is 10.7. The van der Waals surface area contributed by atoms with Gasteiger partial charge in [0.1, 0.15) is 29.8 Å². The highest BCUT2D eigenvalue weighted by atomic mass is 19.1. The van der Waals surface area contributed by atoms with E-state index < -0.39 is 41.6 Å². The molecule has 6 nitrogen and oxygen atoms in total. The first-order valence-corrected chi connectivity index (χ1v) is 12.7. The van der Waals surface area contributed by atoms with E-state index >= 15 is 4.39 Å². The second-order valence-electron chi connectivity index (χ2n) is 10.7. The van der Waals surface area contributed by atoms with Crippen molar-refractivity contribution in [3.05, 3.63) is 70.8 Å². The van der Waals surface area contributed by atoms with Crippen molar-refractivity contribution in [2.24, 2.45) is 11.8 Å². The SMILES string of the molecule is CC(C)CC1C(=O)NC(C2Cc3ccccc3C2)C(=O)N1C(C(=O)NC1CC1)c1ccc(F)cc1F. The van der Waals surface area contributed by atoms with Crippen LogP contribution in [0.3, 0.4) is 0 Å². The predicted molar refractivity (Wildman–Crippen MR) is 130 cm³/mol. The Morgan fingerprint density at radius 1 is 1.08 bits per heavy atom. The number of nitrogens with one attached hydrogen (secondary N) is 2. The summed E-state index contributed by atoms with van der Waals surface area (Å²) >= 11 is 0. The number of hydrogen-bond donors (Lipinski definition) is 2. The third kappa shape index (κ3) is 4.73. The van der Waals surface area contributed by atoms with E-state index in [9.17, 15) is 18.8 Å². The predicted octanol–water partition coefficient (Wildman–Crippen LogP) is 3.44. The highest BCUT2D eigenvalue weighted by Gasteiger charge is 2.50. The number of benzene rings is 2. The lowest BCUT2D eigenvalue weighted by atomic mass is 9.87. The maximum atomic E-state index is 15.1. The number of halogens is 2. The normalized spacial score (nSPS) is 23.0. The Bertz CT molecular complexity index is 1170. The van der Waals surface area contributed by atoms with Gasteiger partial charge in [-0.15, -0.1) is 0 Å². The van der Waals surface area contributed by atoms with Gasteiger partial charge in [0.25, 0.3) is 0 Å². The van der Waals surface area contributed by atoms with Crippen LogP contribution in [0, 0.1) is 23.5 Å². The quantitative estimate of drug-likeness (QED) is 0.618. The Hall–Kier alpha value is -3.29. The third-order valence-corrected chi connectivity index (χ3v) is 7.41. The molecule has 2 aliphatic carbocycles. The summed E-state index contributed by atoms with van der Waals surface area (Å²) in [7, 11) is 0. The van der Waals surface area contributed by atoms with Gasteiger partial charge in [-0.1, -0.05) is 44.2 Å². The largest absolute Gasteiger partial charge is 0.351 e. The molecule has 1 heterocycles. The molecule has 3 aliphatic rings. The van der Waals surface area contributed by atoms with Crippen LogP contribution in [0.4, 0.5) is 8.78 Å². The topological polar surface area (TPSA) is 78.5 Å². The van der Waals surface area contributed by atoms with Crippen molar-refractivity contribution < 1.29 is 23.2 Å². The molecule has 0 bridgehead atoms. The highest BCUT2D eigenvalue weighted by molar-refractivity contribution is 6.00. The first-order chi connectivity index (χ1) is 17.2. The summed E-state index contributed by atoms with van der Waals surface area (Å²) < 4.78 is 28.9. The van der Waals surface area contributed by atoms with Crippen LogP contribution in [-0.2, 0) is 27.2 Å². The van der Waals surface area contributed by atoms with E-state index in [1.165, 1.54) is 11.0 Å². The van der Waals surface area contributed by atoms with Crippen molar-refractivity contribution in [2.75, 3.05) is 0 Å². The van der Waals surface area contributed by atoms with Crippen LogP contribution in [0.15, 0.2) is 42.5 Å². The van der Waals surface area contributed by atoms with Gasteiger partial charge in [-0.05, 0) is 61.1 Å². The first-order valence-electron chi connectivity index (χ1n) is 12.7. The molecule has 5 rings (SSSR count). The molecule has 1 aliphatic heterocycles. The van der Waals surface area contributed by atoms with Gasteiger partial charge < -0.3 is 15.5 Å². The molecule has 0 spiro atoms. The molecule has 2 fully saturated rings. The Kier molecular flexibility index (Phi) is 6.53. The van der Waals surface area contributed by atoms with E-state index in [0.29, 0.717) is 25.3 Å². The number of fused-ring (bicyclic) bond motifs is 1. The van der Waals surface area contributed by atoms with Crippen molar-refractivity contribution >= 4 is 17.7 Å². The van der Waals surface area contributed by atoms with E-state index in [-0.39, 0.29) is 29.3 Å². The fraction of sp³-hybridized carbons (Fsp3) is 0.464. The van der Waals surface area contributed by atoms with Crippen molar-refractivity contribution in [3.8, 4) is 0 Å². The number of piperazine rings is 1. The van der Waals surface area contributed by atoms with Crippen molar-refractivity contribution in [3.63, 3.8) is 0 Å². The maximum Gasteiger partial charge on any atom is 0.247 e. The fourth-order valence-corrected chi connectivity index (χ4v) is 5.52. The summed E-state index contributed by atoms with van der Waals surface area (Å²) in [6.07, 6.45) is 3.17. The molecule has 190 valence electrons. The molecule has 3 amide bonds. The van der Waals surface area contributed by atoms with Crippen LogP contribution < -0.4 is 10.6 Å². The van der Waals surface area contributed by atoms with Crippen LogP contribution in [0.5, 0.6) is 0 Å². The monoisotopic (exact) mass is 495 g/mol. The molecule has 2 N–H and O–H groups in total. The molecule has 1 saturated heterocycles. The Morgan fingerprint density at radius 3 is 2.33 bits per heavy atom. The standard InChI is InChI=1S/C28H31F2N3O3/c1-15(2)11-23-26(34)32-24(18-12-16-5-3-4-6-17(16)13-18)28(36)33(23)25(27(35)31-20-8-9-20)21-10-7-19(29)14-22(21)30/h3-7,10,14-15,18,20,23-25H,8-9,11-13H2,1-2H3,(H,31,35)(H,32,34). The minimum atomic E-state index is -1.38. The highest BCUT2D eigenvalue weighted by Crippen LogP contribution is 2.36. The fourth-order valence-electron chi connectivity index (χ4n) is 5.52. The molecule has 2 aromatic rings. The minimum absolute atomic E-state index is 0.0357. The molecule has 1 saturated carbocycles. The van der Waals surface area contributed by atoms with Crippen molar-refractivity contribution in [2.45, 2.75) is 70.1 Å². The van der Waals surface area contributed by atoms with Crippen LogP contribution >= 0.6 is 0 Å². The zero-order valence-corrected chi connectivity index (χ0v) is 20.5. The van der Waals surface area contributed by atoms with Gasteiger partial charge in [0.05, 0.1) is 0 Å². The van der Waals surface area contributed by atoms with Crippen molar-refractivity contribution in [1.82, 2.24) is 15.5 Å². The third-order valence-electron chi connectivity index (χ3n) is 7.41. The molecule has 3 unspecified atom stereocenters. The molecule has 3 atom stereocenters. The summed E-state index contributed by atoms with van der Waals surface area (Å²) in [5.41, 5.74) is 2.15. The summed E-state index contributed by atoms with van der Waals surface area (Å²) in [4.78, 5) is 42.4. The molecule has 36 heavy (non-hydrogen) atoms. The average Bonchev–Trinajstić information content (AvgIpc) is 3.53. The van der Waals surface area contributed by atoms with Crippen LogP contribution in [-0.4, -0.2) is 40.7 Å². The van der Waals surface area contributed by atoms with Crippen molar-refractivity contribution in [1.29, 1.82) is 0 Å². The Labute approximate surface area is 209 Å². The zero-order valence-electron chi connectivity index (χ0n) is 20.5. The van der Waals surface area contributed by atoms with E-state index in [1.54, 1.807) is 0 Å². The van der Waals surface area contributed by atoms with Gasteiger partial charge in [0.2, 0.25) is 17.7 Å². The molecular formula is C28H31F2N3O3. The van der Waals surface area contributed by atoms with E-state index in [2.05, 4.69) is 10.6 Å². The summed E-state index contributed by atoms with van der Waals surface area (Å²) in [5.74, 6) is -3.14. The number of carbonyl (C=O) groups is 3. The number of hydrogen-bond acceptors (Lipinski definition) is 3. The molecular weight excluding hydrogens is 464 g/mol. The van der Waals surface area contributed by atoms with E-state index in [1.807, 2.05) is 38.1 Å². The van der Waals surface area contributed by atoms with Gasteiger partial charge in [-0.3, -0.25) is 14.4 Å². The summed E-state index contributed by atoms with van der Waals surface area (Å²) in [6.45, 7) is 3.85. The van der Waals surface area contributed by atoms with E-state index in [0.717, 1.165) is 30.0 Å². The Balaban J connectivity index is 1.55. The molecule has 8 heteroatoms. The van der Waals surface area contributed by atoms with Crippen LogP contribution in [0.25, 0.3) is 0 Å². The van der Waals surface area contributed by atoms with Gasteiger partial charge in [0, 0.05) is 17.7 Å². The van der Waals surface area contributed by atoms with Gasteiger partial charge in [-0.25, -0.2) is 8.78 Å². The number of amides is 3. The first kappa shape index (κ1) is 24.4. The summed E-state index contributed by atoms with van der Waals surface area (Å²) in [5, 5.41) is 5.81. The minimum Gasteiger partial charge on any atom is -0.351 e. The maximum absolute atomic E-state index is 15.1. The smallest absolute Gasteiger partial charge is 0.247 e. The van der Waals surface area contributed by atoms with Crippen LogP contribution in [0.1, 0.15) is 55.8 Å².